The molecule has 0 unspecified atom stereocenters. The average Bonchev–Trinajstić information content (AvgIpc) is 3.23. The molecule has 0 radical (unpaired) electrons. The summed E-state index contributed by atoms with van der Waals surface area (Å²) in [6.07, 6.45) is 3.63. The van der Waals surface area contributed by atoms with Crippen LogP contribution >= 0.6 is 11.3 Å². The van der Waals surface area contributed by atoms with E-state index in [4.69, 9.17) is 0 Å². The van der Waals surface area contributed by atoms with Crippen LogP contribution in [-0.4, -0.2) is 57.0 Å². The summed E-state index contributed by atoms with van der Waals surface area (Å²) in [4.78, 5) is 46.1. The van der Waals surface area contributed by atoms with Crippen LogP contribution in [0, 0.1) is 11.8 Å². The van der Waals surface area contributed by atoms with E-state index in [-0.39, 0.29) is 47.4 Å². The maximum Gasteiger partial charge on any atom is 0.260 e. The van der Waals surface area contributed by atoms with Gasteiger partial charge in [0.1, 0.15) is 4.83 Å². The van der Waals surface area contributed by atoms with E-state index in [2.05, 4.69) is 22.2 Å². The molecule has 2 aliphatic rings. The summed E-state index contributed by atoms with van der Waals surface area (Å²) in [6, 6.07) is -0.565. The Morgan fingerprint density at radius 2 is 2.19 bits per heavy atom. The van der Waals surface area contributed by atoms with E-state index < -0.39 is 0 Å². The number of hydrogen-bond acceptors (Lipinski definition) is 6. The number of nitrogens with zero attached hydrogens (tertiary/aromatic N) is 2. The topological polar surface area (TPSA) is 115 Å². The van der Waals surface area contributed by atoms with Crippen molar-refractivity contribution < 1.29 is 14.7 Å². The number of aromatic nitrogens is 2. The maximum absolute atomic E-state index is 13.0. The highest BCUT2D eigenvalue weighted by Gasteiger charge is 2.39. The van der Waals surface area contributed by atoms with Crippen molar-refractivity contribution in [1.29, 1.82) is 0 Å². The number of carbonyl (C=O) groups is 2. The zero-order chi connectivity index (χ0) is 19.1. The lowest BCUT2D eigenvalue weighted by Gasteiger charge is -2.32. The Hall–Kier alpha value is -2.26. The van der Waals surface area contributed by atoms with Gasteiger partial charge >= 0.3 is 0 Å². The fraction of sp³-hybridized carbons (Fsp3) is 0.556. The van der Waals surface area contributed by atoms with E-state index in [1.807, 2.05) is 0 Å². The van der Waals surface area contributed by atoms with E-state index in [1.54, 1.807) is 10.3 Å². The molecular formula is C18H22N4O4S. The van der Waals surface area contributed by atoms with Crippen molar-refractivity contribution in [2.45, 2.75) is 38.3 Å². The number of H-pyrrole nitrogens is 1. The largest absolute Gasteiger partial charge is 0.394 e. The van der Waals surface area contributed by atoms with Crippen molar-refractivity contribution in [3.8, 4) is 0 Å². The summed E-state index contributed by atoms with van der Waals surface area (Å²) in [6.45, 7) is 2.27. The highest BCUT2D eigenvalue weighted by atomic mass is 32.1. The molecule has 2 fully saturated rings. The van der Waals surface area contributed by atoms with E-state index in [0.717, 1.165) is 12.8 Å². The van der Waals surface area contributed by atoms with Crippen LogP contribution in [0.25, 0.3) is 10.2 Å². The lowest BCUT2D eigenvalue weighted by molar-refractivity contribution is -0.129. The van der Waals surface area contributed by atoms with Gasteiger partial charge in [-0.1, -0.05) is 6.92 Å². The Balaban J connectivity index is 1.51. The standard InChI is InChI=1S/C18H22N4O4S/c1-9-2-10(3-9)15(24)21-11-4-12(6-23)22(5-11)18(26)13-7-27-17-14(13)16(25)19-8-20-17/h7-12,23H,2-6H2,1H3,(H,21,24)(H,19,20,25)/t9?,10?,11-,12-/m0/s1. The highest BCUT2D eigenvalue weighted by Crippen LogP contribution is 2.33. The molecule has 3 heterocycles. The van der Waals surface area contributed by atoms with Gasteiger partial charge < -0.3 is 20.3 Å². The van der Waals surface area contributed by atoms with Gasteiger partial charge in [-0.25, -0.2) is 4.98 Å². The smallest absolute Gasteiger partial charge is 0.260 e. The fourth-order valence-electron chi connectivity index (χ4n) is 4.07. The third-order valence-electron chi connectivity index (χ3n) is 5.58. The molecule has 3 N–H and O–H groups in total. The van der Waals surface area contributed by atoms with Crippen LogP contribution in [-0.2, 0) is 4.79 Å². The zero-order valence-corrected chi connectivity index (χ0v) is 15.8. The minimum Gasteiger partial charge on any atom is -0.394 e. The molecular weight excluding hydrogens is 368 g/mol. The molecule has 1 aliphatic heterocycles. The number of hydrogen-bond donors (Lipinski definition) is 3. The third kappa shape index (κ3) is 3.25. The number of nitrogens with one attached hydrogen (secondary N) is 2. The van der Waals surface area contributed by atoms with Crippen LogP contribution in [0.2, 0.25) is 0 Å². The van der Waals surface area contributed by atoms with Gasteiger partial charge in [0.2, 0.25) is 5.91 Å². The van der Waals surface area contributed by atoms with Crippen LogP contribution in [0.5, 0.6) is 0 Å². The highest BCUT2D eigenvalue weighted by molar-refractivity contribution is 7.17. The molecule has 0 aromatic carbocycles. The SMILES string of the molecule is CC1CC(C(=O)N[C@H]2C[C@@H](CO)N(C(=O)c3csc4nc[nH]c(=O)c34)C2)C1. The molecule has 144 valence electrons. The van der Waals surface area contributed by atoms with Crippen LogP contribution in [0.15, 0.2) is 16.5 Å². The van der Waals surface area contributed by atoms with Crippen molar-refractivity contribution in [3.63, 3.8) is 0 Å². The first-order chi connectivity index (χ1) is 13.0. The van der Waals surface area contributed by atoms with Gasteiger partial charge in [-0.05, 0) is 25.2 Å². The second-order valence-electron chi connectivity index (χ2n) is 7.57. The van der Waals surface area contributed by atoms with Crippen LogP contribution in [0.4, 0.5) is 0 Å². The first-order valence-corrected chi connectivity index (χ1v) is 10.0. The molecule has 1 saturated carbocycles. The summed E-state index contributed by atoms with van der Waals surface area (Å²) in [7, 11) is 0. The number of rotatable bonds is 4. The second-order valence-corrected chi connectivity index (χ2v) is 8.43. The number of aliphatic hydroxyl groups excluding tert-OH is 1. The van der Waals surface area contributed by atoms with E-state index in [9.17, 15) is 19.5 Å². The monoisotopic (exact) mass is 390 g/mol. The summed E-state index contributed by atoms with van der Waals surface area (Å²) in [5.41, 5.74) is -0.0594. The molecule has 1 saturated heterocycles. The summed E-state index contributed by atoms with van der Waals surface area (Å²) >= 11 is 1.24. The molecule has 9 heteroatoms. The molecule has 0 bridgehead atoms. The summed E-state index contributed by atoms with van der Waals surface area (Å²) in [5, 5.41) is 14.7. The first kappa shape index (κ1) is 18.1. The number of likely N-dealkylation sites (tertiary alicyclic amines) is 1. The van der Waals surface area contributed by atoms with Crippen LogP contribution in [0.1, 0.15) is 36.5 Å². The minimum atomic E-state index is -0.381. The van der Waals surface area contributed by atoms with Crippen molar-refractivity contribution in [1.82, 2.24) is 20.2 Å². The van der Waals surface area contributed by atoms with Gasteiger partial charge in [-0.2, -0.15) is 0 Å². The predicted molar refractivity (Wildman–Crippen MR) is 101 cm³/mol. The van der Waals surface area contributed by atoms with Crippen LogP contribution < -0.4 is 10.9 Å². The number of thiophene rings is 1. The van der Waals surface area contributed by atoms with Gasteiger partial charge in [0, 0.05) is 23.9 Å². The number of carbonyl (C=O) groups excluding carboxylic acids is 2. The first-order valence-electron chi connectivity index (χ1n) is 9.15. The van der Waals surface area contributed by atoms with E-state index in [1.165, 1.54) is 17.7 Å². The number of amides is 2. The van der Waals surface area contributed by atoms with Crippen LogP contribution in [0.3, 0.4) is 0 Å². The Morgan fingerprint density at radius 3 is 2.89 bits per heavy atom. The molecule has 4 rings (SSSR count). The number of aromatic amines is 1. The maximum atomic E-state index is 13.0. The van der Waals surface area contributed by atoms with Crippen molar-refractivity contribution in [3.05, 3.63) is 27.6 Å². The van der Waals surface area contributed by atoms with Gasteiger partial charge in [-0.3, -0.25) is 14.4 Å². The molecule has 27 heavy (non-hydrogen) atoms. The third-order valence-corrected chi connectivity index (χ3v) is 6.47. The zero-order valence-electron chi connectivity index (χ0n) is 15.0. The van der Waals surface area contributed by atoms with Gasteiger partial charge in [0.15, 0.2) is 0 Å². The number of fused-ring (bicyclic) bond motifs is 1. The van der Waals surface area contributed by atoms with E-state index in [0.29, 0.717) is 29.3 Å². The number of aliphatic hydroxyl groups is 1. The second kappa shape index (κ2) is 7.05. The van der Waals surface area contributed by atoms with E-state index >= 15 is 0 Å². The Morgan fingerprint density at radius 1 is 1.41 bits per heavy atom. The van der Waals surface area contributed by atoms with Crippen molar-refractivity contribution >= 4 is 33.4 Å². The van der Waals surface area contributed by atoms with Gasteiger partial charge in [0.05, 0.1) is 29.9 Å². The predicted octanol–water partition coefficient (Wildman–Crippen LogP) is 0.722. The Bertz CT molecular complexity index is 933. The lowest BCUT2D eigenvalue weighted by Crippen LogP contribution is -2.44. The quantitative estimate of drug-likeness (QED) is 0.712. The van der Waals surface area contributed by atoms with Gasteiger partial charge in [0.25, 0.3) is 11.5 Å². The Labute approximate surface area is 159 Å². The summed E-state index contributed by atoms with van der Waals surface area (Å²) < 4.78 is 0. The fourth-order valence-corrected chi connectivity index (χ4v) is 4.96. The molecule has 8 nitrogen and oxygen atoms in total. The minimum absolute atomic E-state index is 0.0331. The normalized spacial score (nSPS) is 27.6. The van der Waals surface area contributed by atoms with Crippen molar-refractivity contribution in [2.75, 3.05) is 13.2 Å². The van der Waals surface area contributed by atoms with Crippen molar-refractivity contribution in [2.24, 2.45) is 11.8 Å². The average molecular weight is 390 g/mol. The molecule has 1 aliphatic carbocycles. The molecule has 2 aromatic rings. The summed E-state index contributed by atoms with van der Waals surface area (Å²) in [5.74, 6) is 0.368. The molecule has 2 atom stereocenters. The lowest BCUT2D eigenvalue weighted by atomic mass is 9.75. The molecule has 2 aromatic heterocycles. The van der Waals surface area contributed by atoms with Gasteiger partial charge in [-0.15, -0.1) is 11.3 Å². The Kier molecular flexibility index (Phi) is 4.73. The molecule has 0 spiro atoms. The molecule has 2 amide bonds.